The summed E-state index contributed by atoms with van der Waals surface area (Å²) in [5.41, 5.74) is 0. The van der Waals surface area contributed by atoms with E-state index in [-0.39, 0.29) is 12.0 Å². The van der Waals surface area contributed by atoms with E-state index in [4.69, 9.17) is 9.84 Å². The summed E-state index contributed by atoms with van der Waals surface area (Å²) < 4.78 is 5.75. The second-order valence-corrected chi connectivity index (χ2v) is 4.78. The molecule has 1 aliphatic rings. The van der Waals surface area contributed by atoms with Crippen molar-refractivity contribution in [1.82, 2.24) is 5.32 Å². The summed E-state index contributed by atoms with van der Waals surface area (Å²) in [5, 5.41) is 12.0. The number of carboxylic acid groups (broad SMARTS) is 1. The Morgan fingerprint density at radius 2 is 2.31 bits per heavy atom. The SMILES string of the molecule is CCCC(C)COC1CNCC(C(=O)O)C1. The number of rotatable bonds is 6. The van der Waals surface area contributed by atoms with Crippen LogP contribution in [-0.4, -0.2) is 36.9 Å². The van der Waals surface area contributed by atoms with E-state index in [1.54, 1.807) is 0 Å². The van der Waals surface area contributed by atoms with Gasteiger partial charge < -0.3 is 15.2 Å². The van der Waals surface area contributed by atoms with Crippen LogP contribution >= 0.6 is 0 Å². The van der Waals surface area contributed by atoms with Gasteiger partial charge in [-0.3, -0.25) is 4.79 Å². The van der Waals surface area contributed by atoms with Gasteiger partial charge in [-0.05, 0) is 18.8 Å². The summed E-state index contributed by atoms with van der Waals surface area (Å²) in [5.74, 6) is -0.446. The van der Waals surface area contributed by atoms with Gasteiger partial charge in [0, 0.05) is 19.7 Å². The number of aliphatic carboxylic acids is 1. The summed E-state index contributed by atoms with van der Waals surface area (Å²) in [6.07, 6.45) is 3.05. The monoisotopic (exact) mass is 229 g/mol. The number of nitrogens with one attached hydrogen (secondary N) is 1. The van der Waals surface area contributed by atoms with E-state index >= 15 is 0 Å². The number of ether oxygens (including phenoxy) is 1. The van der Waals surface area contributed by atoms with Crippen molar-refractivity contribution in [3.8, 4) is 0 Å². The van der Waals surface area contributed by atoms with Gasteiger partial charge in [0.15, 0.2) is 0 Å². The predicted molar refractivity (Wildman–Crippen MR) is 62.4 cm³/mol. The average molecular weight is 229 g/mol. The maximum atomic E-state index is 10.8. The van der Waals surface area contributed by atoms with Crippen molar-refractivity contribution in [3.05, 3.63) is 0 Å². The lowest BCUT2D eigenvalue weighted by atomic mass is 9.97. The molecule has 0 amide bonds. The van der Waals surface area contributed by atoms with Crippen molar-refractivity contribution in [3.63, 3.8) is 0 Å². The van der Waals surface area contributed by atoms with E-state index in [0.717, 1.165) is 13.2 Å². The Hall–Kier alpha value is -0.610. The maximum absolute atomic E-state index is 10.8. The number of hydrogen-bond donors (Lipinski definition) is 2. The average Bonchev–Trinajstić information content (AvgIpc) is 2.27. The van der Waals surface area contributed by atoms with E-state index in [1.807, 2.05) is 0 Å². The Bertz CT molecular complexity index is 220. The van der Waals surface area contributed by atoms with Gasteiger partial charge in [0.25, 0.3) is 0 Å². The molecular weight excluding hydrogens is 206 g/mol. The molecule has 0 spiro atoms. The van der Waals surface area contributed by atoms with Crippen LogP contribution in [0.5, 0.6) is 0 Å². The van der Waals surface area contributed by atoms with Crippen molar-refractivity contribution >= 4 is 5.97 Å². The Kier molecular flexibility index (Phi) is 5.77. The molecule has 0 saturated carbocycles. The highest BCUT2D eigenvalue weighted by Gasteiger charge is 2.27. The molecule has 1 saturated heterocycles. The van der Waals surface area contributed by atoms with E-state index in [2.05, 4.69) is 19.2 Å². The molecule has 4 nitrogen and oxygen atoms in total. The minimum atomic E-state index is -0.720. The Morgan fingerprint density at radius 3 is 2.94 bits per heavy atom. The lowest BCUT2D eigenvalue weighted by Crippen LogP contribution is -2.44. The molecule has 1 heterocycles. The van der Waals surface area contributed by atoms with Crippen molar-refractivity contribution in [1.29, 1.82) is 0 Å². The number of carbonyl (C=O) groups is 1. The molecule has 16 heavy (non-hydrogen) atoms. The van der Waals surface area contributed by atoms with E-state index in [9.17, 15) is 4.79 Å². The van der Waals surface area contributed by atoms with Crippen LogP contribution in [0, 0.1) is 11.8 Å². The van der Waals surface area contributed by atoms with Crippen molar-refractivity contribution in [2.24, 2.45) is 11.8 Å². The van der Waals surface area contributed by atoms with Crippen LogP contribution in [0.3, 0.4) is 0 Å². The number of piperidine rings is 1. The zero-order valence-corrected chi connectivity index (χ0v) is 10.2. The minimum absolute atomic E-state index is 0.0640. The third-order valence-electron chi connectivity index (χ3n) is 3.06. The van der Waals surface area contributed by atoms with Crippen LogP contribution in [0.25, 0.3) is 0 Å². The first-order valence-electron chi connectivity index (χ1n) is 6.18. The standard InChI is InChI=1S/C12H23NO3/c1-3-4-9(2)8-16-11-5-10(12(14)15)6-13-7-11/h9-11,13H,3-8H2,1-2H3,(H,14,15). The van der Waals surface area contributed by atoms with Gasteiger partial charge in [0.05, 0.1) is 12.0 Å². The molecule has 0 aliphatic carbocycles. The molecule has 0 bridgehead atoms. The third kappa shape index (κ3) is 4.49. The zero-order valence-electron chi connectivity index (χ0n) is 10.2. The van der Waals surface area contributed by atoms with Crippen LogP contribution in [-0.2, 0) is 9.53 Å². The van der Waals surface area contributed by atoms with Crippen molar-refractivity contribution in [2.45, 2.75) is 39.2 Å². The quantitative estimate of drug-likeness (QED) is 0.724. The molecular formula is C12H23NO3. The molecule has 1 fully saturated rings. The van der Waals surface area contributed by atoms with Gasteiger partial charge in [-0.1, -0.05) is 20.3 Å². The van der Waals surface area contributed by atoms with Crippen LogP contribution in [0.4, 0.5) is 0 Å². The highest BCUT2D eigenvalue weighted by Crippen LogP contribution is 2.15. The normalized spacial score (nSPS) is 27.6. The fourth-order valence-electron chi connectivity index (χ4n) is 2.09. The van der Waals surface area contributed by atoms with Gasteiger partial charge in [-0.15, -0.1) is 0 Å². The van der Waals surface area contributed by atoms with Gasteiger partial charge in [0.2, 0.25) is 0 Å². The second kappa shape index (κ2) is 6.86. The minimum Gasteiger partial charge on any atom is -0.481 e. The van der Waals surface area contributed by atoms with E-state index < -0.39 is 5.97 Å². The summed E-state index contributed by atoms with van der Waals surface area (Å²) >= 11 is 0. The summed E-state index contributed by atoms with van der Waals surface area (Å²) in [6, 6.07) is 0. The lowest BCUT2D eigenvalue weighted by Gasteiger charge is -2.28. The Balaban J connectivity index is 2.24. The highest BCUT2D eigenvalue weighted by molar-refractivity contribution is 5.70. The molecule has 1 aliphatic heterocycles. The molecule has 0 aromatic heterocycles. The number of hydrogen-bond acceptors (Lipinski definition) is 3. The Morgan fingerprint density at radius 1 is 1.56 bits per heavy atom. The zero-order chi connectivity index (χ0) is 12.0. The van der Waals surface area contributed by atoms with Gasteiger partial charge in [0.1, 0.15) is 0 Å². The van der Waals surface area contributed by atoms with Crippen LogP contribution in [0.15, 0.2) is 0 Å². The maximum Gasteiger partial charge on any atom is 0.307 e. The van der Waals surface area contributed by atoms with Gasteiger partial charge >= 0.3 is 5.97 Å². The molecule has 2 N–H and O–H groups in total. The topological polar surface area (TPSA) is 58.6 Å². The number of carboxylic acids is 1. The molecule has 3 unspecified atom stereocenters. The molecule has 3 atom stereocenters. The molecule has 94 valence electrons. The summed E-state index contributed by atoms with van der Waals surface area (Å²) in [7, 11) is 0. The largest absolute Gasteiger partial charge is 0.481 e. The van der Waals surface area contributed by atoms with Crippen LogP contribution in [0.2, 0.25) is 0 Å². The Labute approximate surface area is 97.4 Å². The third-order valence-corrected chi connectivity index (χ3v) is 3.06. The van der Waals surface area contributed by atoms with E-state index in [0.29, 0.717) is 18.9 Å². The molecule has 0 aromatic rings. The smallest absolute Gasteiger partial charge is 0.307 e. The first-order valence-corrected chi connectivity index (χ1v) is 6.18. The van der Waals surface area contributed by atoms with Crippen LogP contribution in [0.1, 0.15) is 33.1 Å². The molecule has 0 aromatic carbocycles. The molecule has 4 heteroatoms. The lowest BCUT2D eigenvalue weighted by molar-refractivity contribution is -0.144. The fraction of sp³-hybridized carbons (Fsp3) is 0.917. The fourth-order valence-corrected chi connectivity index (χ4v) is 2.09. The molecule has 1 rings (SSSR count). The van der Waals surface area contributed by atoms with Gasteiger partial charge in [-0.2, -0.15) is 0 Å². The predicted octanol–water partition coefficient (Wildman–Crippen LogP) is 1.50. The van der Waals surface area contributed by atoms with Gasteiger partial charge in [-0.25, -0.2) is 0 Å². The summed E-state index contributed by atoms with van der Waals surface area (Å²) in [6.45, 7) is 6.43. The summed E-state index contributed by atoms with van der Waals surface area (Å²) in [4.78, 5) is 10.8. The van der Waals surface area contributed by atoms with Crippen molar-refractivity contribution in [2.75, 3.05) is 19.7 Å². The second-order valence-electron chi connectivity index (χ2n) is 4.78. The molecule has 0 radical (unpaired) electrons. The van der Waals surface area contributed by atoms with Crippen LogP contribution < -0.4 is 5.32 Å². The highest BCUT2D eigenvalue weighted by atomic mass is 16.5. The van der Waals surface area contributed by atoms with Crippen molar-refractivity contribution < 1.29 is 14.6 Å². The first-order chi connectivity index (χ1) is 7.63. The van der Waals surface area contributed by atoms with E-state index in [1.165, 1.54) is 12.8 Å². The first kappa shape index (κ1) is 13.5.